The molecule has 1 nitrogen and oxygen atoms in total. The van der Waals surface area contributed by atoms with E-state index in [1.165, 1.54) is 0 Å². The van der Waals surface area contributed by atoms with Crippen LogP contribution in [0.25, 0.3) is 0 Å². The molecule has 162 valence electrons. The van der Waals surface area contributed by atoms with Gasteiger partial charge in [-0.25, -0.2) is 0 Å². The Bertz CT molecular complexity index is 712. The Morgan fingerprint density at radius 1 is 0.552 bits per heavy atom. The van der Waals surface area contributed by atoms with E-state index < -0.39 is 43.3 Å². The van der Waals surface area contributed by atoms with Gasteiger partial charge in [0.2, 0.25) is 0 Å². The van der Waals surface area contributed by atoms with Gasteiger partial charge in [0.15, 0.2) is 0 Å². The SMILES string of the molecule is C[SiH](C)Cl.C[SiH](C)c1cccc(Oc2cccc([SiH](C)C)c2[SiH](C)C)c1[SiH](C)C. The summed E-state index contributed by atoms with van der Waals surface area (Å²) in [5.41, 5.74) is 0. The van der Waals surface area contributed by atoms with Crippen LogP contribution in [-0.4, -0.2) is 43.3 Å². The van der Waals surface area contributed by atoms with Gasteiger partial charge in [0.25, 0.3) is 0 Å². The minimum absolute atomic E-state index is 0.667. The van der Waals surface area contributed by atoms with Crippen molar-refractivity contribution >= 4 is 75.1 Å². The van der Waals surface area contributed by atoms with E-state index in [9.17, 15) is 0 Å². The molecule has 0 aliphatic heterocycles. The summed E-state index contributed by atoms with van der Waals surface area (Å²) >= 11 is 5.41. The van der Waals surface area contributed by atoms with Crippen LogP contribution >= 0.6 is 11.1 Å². The Kier molecular flexibility index (Phi) is 11.5. The van der Waals surface area contributed by atoms with Gasteiger partial charge in [0.1, 0.15) is 19.6 Å². The average molecular weight is 497 g/mol. The first-order valence-corrected chi connectivity index (χ1v) is 26.6. The van der Waals surface area contributed by atoms with Crippen LogP contribution in [0.5, 0.6) is 11.5 Å². The Balaban J connectivity index is 0.000000960. The van der Waals surface area contributed by atoms with Gasteiger partial charge in [-0.3, -0.25) is 0 Å². The molecule has 2 aromatic rings. The van der Waals surface area contributed by atoms with Gasteiger partial charge in [-0.15, -0.1) is 0 Å². The van der Waals surface area contributed by atoms with Gasteiger partial charge in [0, 0.05) is 0 Å². The number of halogens is 1. The first-order valence-electron chi connectivity index (χ1n) is 11.0. The highest BCUT2D eigenvalue weighted by atomic mass is 35.6. The number of benzene rings is 2. The van der Waals surface area contributed by atoms with Gasteiger partial charge in [0.05, 0.1) is 35.2 Å². The van der Waals surface area contributed by atoms with Crippen molar-refractivity contribution in [3.8, 4) is 11.5 Å². The highest BCUT2D eigenvalue weighted by molar-refractivity contribution is 7.05. The molecule has 2 aromatic carbocycles. The number of hydrogen-bond donors (Lipinski definition) is 0. The zero-order chi connectivity index (χ0) is 22.3. The molecule has 0 radical (unpaired) electrons. The third kappa shape index (κ3) is 7.99. The summed E-state index contributed by atoms with van der Waals surface area (Å²) in [4.78, 5) is 0. The zero-order valence-electron chi connectivity index (χ0n) is 20.1. The summed E-state index contributed by atoms with van der Waals surface area (Å²) in [5.74, 6) is 2.28. The molecule has 0 aromatic heterocycles. The molecule has 0 spiro atoms. The average Bonchev–Trinajstić information content (AvgIpc) is 2.60. The monoisotopic (exact) mass is 496 g/mol. The lowest BCUT2D eigenvalue weighted by atomic mass is 10.3. The van der Waals surface area contributed by atoms with Crippen LogP contribution < -0.4 is 25.5 Å². The van der Waals surface area contributed by atoms with Gasteiger partial charge in [-0.1, -0.05) is 100 Å². The molecule has 0 bridgehead atoms. The Labute approximate surface area is 192 Å². The number of rotatable bonds is 6. The van der Waals surface area contributed by atoms with E-state index in [2.05, 4.69) is 102 Å². The molecule has 29 heavy (non-hydrogen) atoms. The maximum atomic E-state index is 6.66. The quantitative estimate of drug-likeness (QED) is 0.439. The van der Waals surface area contributed by atoms with Crippen molar-refractivity contribution in [3.63, 3.8) is 0 Å². The van der Waals surface area contributed by atoms with Crippen LogP contribution in [0.3, 0.4) is 0 Å². The lowest BCUT2D eigenvalue weighted by molar-refractivity contribution is 0.490. The molecule has 0 amide bonds. The molecular weight excluding hydrogens is 456 g/mol. The van der Waals surface area contributed by atoms with Crippen molar-refractivity contribution in [1.82, 2.24) is 0 Å². The third-order valence-corrected chi connectivity index (χ3v) is 12.5. The van der Waals surface area contributed by atoms with Crippen LogP contribution in [0.1, 0.15) is 0 Å². The first-order chi connectivity index (χ1) is 13.5. The van der Waals surface area contributed by atoms with Crippen molar-refractivity contribution in [1.29, 1.82) is 0 Å². The molecule has 0 fully saturated rings. The predicted octanol–water partition coefficient (Wildman–Crippen LogP) is 3.46. The summed E-state index contributed by atoms with van der Waals surface area (Å²) in [5, 5.41) is 6.34. The lowest BCUT2D eigenvalue weighted by Crippen LogP contribution is -2.46. The molecule has 0 aliphatic carbocycles. The summed E-state index contributed by atoms with van der Waals surface area (Å²) in [6, 6.07) is 13.5. The van der Waals surface area contributed by atoms with Gasteiger partial charge >= 0.3 is 0 Å². The molecule has 7 heteroatoms. The molecule has 0 saturated carbocycles. The van der Waals surface area contributed by atoms with Crippen molar-refractivity contribution in [3.05, 3.63) is 36.4 Å². The largest absolute Gasteiger partial charge is 0.458 e. The smallest absolute Gasteiger partial charge is 0.134 e. The van der Waals surface area contributed by atoms with Crippen LogP contribution in [0.4, 0.5) is 0 Å². The fraction of sp³-hybridized carbons (Fsp3) is 0.455. The van der Waals surface area contributed by atoms with Gasteiger partial charge in [-0.2, -0.15) is 11.1 Å². The van der Waals surface area contributed by atoms with Gasteiger partial charge in [-0.05, 0) is 22.5 Å². The third-order valence-electron chi connectivity index (χ3n) is 4.82. The molecule has 0 unspecified atom stereocenters. The minimum Gasteiger partial charge on any atom is -0.458 e. The zero-order valence-corrected chi connectivity index (χ0v) is 26.7. The van der Waals surface area contributed by atoms with Crippen LogP contribution in [0.15, 0.2) is 36.4 Å². The lowest BCUT2D eigenvalue weighted by Gasteiger charge is -2.23. The summed E-state index contributed by atoms with van der Waals surface area (Å²) in [7, 11) is -4.26. The molecule has 0 heterocycles. The van der Waals surface area contributed by atoms with Gasteiger partial charge < -0.3 is 4.74 Å². The minimum atomic E-state index is -0.947. The van der Waals surface area contributed by atoms with Crippen LogP contribution in [0, 0.1) is 0 Å². The standard InChI is InChI=1S/C20H34OSi4.C2H7ClSi/c1-22(2)17-13-9-11-15(19(17)24(5)6)21-16-12-10-14-18(23(3)4)20(16)25(7)8;1-4(2)3/h9-14,22-25H,1-8H3;4H,1-2H3. The molecule has 0 N–H and O–H groups in total. The summed E-state index contributed by atoms with van der Waals surface area (Å²) < 4.78 is 6.66. The number of hydrogen-bond acceptors (Lipinski definition) is 1. The molecule has 0 atom stereocenters. The van der Waals surface area contributed by atoms with Crippen molar-refractivity contribution in [2.75, 3.05) is 0 Å². The Hall–Kier alpha value is -0.386. The molecule has 2 rings (SSSR count). The Morgan fingerprint density at radius 3 is 1.10 bits per heavy atom. The van der Waals surface area contributed by atoms with Crippen molar-refractivity contribution < 1.29 is 4.74 Å². The fourth-order valence-electron chi connectivity index (χ4n) is 3.66. The first kappa shape index (κ1) is 26.6. The number of ether oxygens (including phenoxy) is 1. The maximum absolute atomic E-state index is 6.66. The second-order valence-corrected chi connectivity index (χ2v) is 25.5. The normalized spacial score (nSPS) is 11.4. The molecule has 0 saturated heterocycles. The highest BCUT2D eigenvalue weighted by Gasteiger charge is 2.20. The highest BCUT2D eigenvalue weighted by Crippen LogP contribution is 2.19. The second-order valence-electron chi connectivity index (χ2n) is 9.25. The van der Waals surface area contributed by atoms with E-state index in [0.29, 0.717) is 0 Å². The van der Waals surface area contributed by atoms with Crippen LogP contribution in [0.2, 0.25) is 65.5 Å². The second kappa shape index (κ2) is 12.5. The van der Waals surface area contributed by atoms with E-state index in [1.807, 2.05) is 0 Å². The Morgan fingerprint density at radius 2 is 0.862 bits per heavy atom. The predicted molar refractivity (Wildman–Crippen MR) is 152 cm³/mol. The molecular formula is C22H41ClOSi5. The van der Waals surface area contributed by atoms with E-state index in [-0.39, 0.29) is 0 Å². The maximum Gasteiger partial charge on any atom is 0.134 e. The fourth-order valence-corrected chi connectivity index (χ4v) is 13.2. The van der Waals surface area contributed by atoms with E-state index in [4.69, 9.17) is 15.8 Å². The molecule has 0 aliphatic rings. The van der Waals surface area contributed by atoms with Crippen molar-refractivity contribution in [2.45, 2.75) is 65.5 Å². The van der Waals surface area contributed by atoms with E-state index in [1.54, 1.807) is 20.7 Å². The topological polar surface area (TPSA) is 9.23 Å². The summed E-state index contributed by atoms with van der Waals surface area (Å²) in [6.45, 7) is 23.6. The summed E-state index contributed by atoms with van der Waals surface area (Å²) in [6.07, 6.45) is 0. The van der Waals surface area contributed by atoms with E-state index >= 15 is 0 Å². The van der Waals surface area contributed by atoms with E-state index in [0.717, 1.165) is 11.5 Å². The van der Waals surface area contributed by atoms with Crippen molar-refractivity contribution in [2.24, 2.45) is 0 Å². The van der Waals surface area contributed by atoms with Crippen LogP contribution in [-0.2, 0) is 0 Å².